The van der Waals surface area contributed by atoms with Crippen molar-refractivity contribution in [1.82, 2.24) is 5.32 Å². The average molecular weight is 312 g/mol. The minimum Gasteiger partial charge on any atom is -0.409 e. The highest BCUT2D eigenvalue weighted by Crippen LogP contribution is 2.29. The molecular weight excluding hydrogens is 290 g/mol. The molecule has 0 bridgehead atoms. The molecule has 4 N–H and O–H groups in total. The monoisotopic (exact) mass is 311 g/mol. The van der Waals surface area contributed by atoms with Crippen LogP contribution in [-0.2, 0) is 4.79 Å². The lowest BCUT2D eigenvalue weighted by atomic mass is 9.80. The third-order valence-corrected chi connectivity index (χ3v) is 4.30. The lowest BCUT2D eigenvalue weighted by Gasteiger charge is -2.30. The maximum atomic E-state index is 12.6. The highest BCUT2D eigenvalue weighted by Gasteiger charge is 2.40. The first-order valence-electron chi connectivity index (χ1n) is 6.96. The van der Waals surface area contributed by atoms with Crippen molar-refractivity contribution in [3.63, 3.8) is 0 Å². The summed E-state index contributed by atoms with van der Waals surface area (Å²) in [7, 11) is 0. The molecule has 1 unspecified atom stereocenters. The molecule has 1 atom stereocenters. The van der Waals surface area contributed by atoms with Gasteiger partial charge in [-0.25, -0.2) is 0 Å². The van der Waals surface area contributed by atoms with Crippen LogP contribution in [0.5, 0.6) is 0 Å². The molecule has 0 aliphatic heterocycles. The van der Waals surface area contributed by atoms with Gasteiger partial charge in [-0.1, -0.05) is 48.8 Å². The van der Waals surface area contributed by atoms with Crippen LogP contribution in [0.4, 0.5) is 0 Å². The maximum absolute atomic E-state index is 12.6. The van der Waals surface area contributed by atoms with Crippen LogP contribution < -0.4 is 11.1 Å². The quantitative estimate of drug-likeness (QED) is 0.326. The SMILES string of the molecule is CCC(CC)(C(=O)NC(C)c1ccccc1Cl)C(N)=NO. The van der Waals surface area contributed by atoms with Crippen LogP contribution in [0.1, 0.15) is 45.2 Å². The molecule has 0 saturated heterocycles. The van der Waals surface area contributed by atoms with Gasteiger partial charge in [-0.2, -0.15) is 0 Å². The van der Waals surface area contributed by atoms with E-state index in [0.717, 1.165) is 5.56 Å². The van der Waals surface area contributed by atoms with E-state index in [0.29, 0.717) is 17.9 Å². The molecule has 116 valence electrons. The number of carbonyl (C=O) groups is 1. The summed E-state index contributed by atoms with van der Waals surface area (Å²) in [5.74, 6) is -0.341. The molecule has 5 nitrogen and oxygen atoms in total. The van der Waals surface area contributed by atoms with Gasteiger partial charge in [-0.3, -0.25) is 4.79 Å². The topological polar surface area (TPSA) is 87.7 Å². The van der Waals surface area contributed by atoms with Gasteiger partial charge in [-0.05, 0) is 31.4 Å². The highest BCUT2D eigenvalue weighted by atomic mass is 35.5. The number of nitrogens with one attached hydrogen (secondary N) is 1. The second-order valence-electron chi connectivity index (χ2n) is 4.99. The Hall–Kier alpha value is -1.75. The van der Waals surface area contributed by atoms with Crippen molar-refractivity contribution >= 4 is 23.3 Å². The molecule has 0 fully saturated rings. The Morgan fingerprint density at radius 3 is 2.48 bits per heavy atom. The third-order valence-electron chi connectivity index (χ3n) is 3.96. The van der Waals surface area contributed by atoms with Crippen molar-refractivity contribution in [2.75, 3.05) is 0 Å². The normalized spacial score (nSPS) is 13.8. The third kappa shape index (κ3) is 3.47. The molecule has 1 aromatic rings. The van der Waals surface area contributed by atoms with Gasteiger partial charge in [0.1, 0.15) is 5.41 Å². The summed E-state index contributed by atoms with van der Waals surface area (Å²) < 4.78 is 0. The number of nitrogens with zero attached hydrogens (tertiary/aromatic N) is 1. The second-order valence-corrected chi connectivity index (χ2v) is 5.40. The number of hydrogen-bond acceptors (Lipinski definition) is 3. The first kappa shape index (κ1) is 17.3. The Balaban J connectivity index is 3.00. The molecular formula is C15H22ClN3O2. The Bertz CT molecular complexity index is 527. The second kappa shape index (κ2) is 7.31. The summed E-state index contributed by atoms with van der Waals surface area (Å²) in [4.78, 5) is 12.6. The van der Waals surface area contributed by atoms with Crippen LogP contribution >= 0.6 is 11.6 Å². The summed E-state index contributed by atoms with van der Waals surface area (Å²) in [6.45, 7) is 5.52. The van der Waals surface area contributed by atoms with E-state index in [1.165, 1.54) is 0 Å². The summed E-state index contributed by atoms with van der Waals surface area (Å²) in [5.41, 5.74) is 5.55. The zero-order chi connectivity index (χ0) is 16.0. The first-order chi connectivity index (χ1) is 9.92. The van der Waals surface area contributed by atoms with E-state index in [9.17, 15) is 4.79 Å². The number of nitrogens with two attached hydrogens (primary N) is 1. The number of rotatable bonds is 6. The molecule has 1 amide bonds. The zero-order valence-electron chi connectivity index (χ0n) is 12.6. The van der Waals surface area contributed by atoms with Crippen molar-refractivity contribution in [3.8, 4) is 0 Å². The van der Waals surface area contributed by atoms with Crippen LogP contribution in [-0.4, -0.2) is 17.0 Å². The molecule has 0 aromatic heterocycles. The fraction of sp³-hybridized carbons (Fsp3) is 0.467. The average Bonchev–Trinajstić information content (AvgIpc) is 2.49. The molecule has 0 radical (unpaired) electrons. The molecule has 0 saturated carbocycles. The Labute approximate surface area is 130 Å². The maximum Gasteiger partial charge on any atom is 0.234 e. The predicted molar refractivity (Wildman–Crippen MR) is 84.4 cm³/mol. The van der Waals surface area contributed by atoms with Crippen molar-refractivity contribution < 1.29 is 10.0 Å². The van der Waals surface area contributed by atoms with Gasteiger partial charge in [0, 0.05) is 5.02 Å². The van der Waals surface area contributed by atoms with Gasteiger partial charge < -0.3 is 16.3 Å². The van der Waals surface area contributed by atoms with Crippen LogP contribution in [0.15, 0.2) is 29.4 Å². The van der Waals surface area contributed by atoms with Crippen molar-refractivity contribution in [1.29, 1.82) is 0 Å². The van der Waals surface area contributed by atoms with Gasteiger partial charge in [-0.15, -0.1) is 0 Å². The molecule has 0 heterocycles. The number of amidine groups is 1. The van der Waals surface area contributed by atoms with E-state index in [1.54, 1.807) is 6.07 Å². The number of carbonyl (C=O) groups excluding carboxylic acids is 1. The molecule has 0 aliphatic rings. The summed E-state index contributed by atoms with van der Waals surface area (Å²) >= 11 is 6.13. The lowest BCUT2D eigenvalue weighted by molar-refractivity contribution is -0.128. The van der Waals surface area contributed by atoms with Crippen molar-refractivity contribution in [2.45, 2.75) is 39.7 Å². The number of benzene rings is 1. The van der Waals surface area contributed by atoms with E-state index in [4.69, 9.17) is 22.5 Å². The minimum absolute atomic E-state index is 0.0728. The molecule has 0 spiro atoms. The fourth-order valence-corrected chi connectivity index (χ4v) is 2.68. The summed E-state index contributed by atoms with van der Waals surface area (Å²) in [6.07, 6.45) is 0.890. The van der Waals surface area contributed by atoms with E-state index in [1.807, 2.05) is 39.0 Å². The number of halogens is 1. The van der Waals surface area contributed by atoms with Gasteiger partial charge >= 0.3 is 0 Å². The van der Waals surface area contributed by atoms with Crippen LogP contribution in [0, 0.1) is 5.41 Å². The molecule has 0 aliphatic carbocycles. The van der Waals surface area contributed by atoms with Gasteiger partial charge in [0.05, 0.1) is 6.04 Å². The first-order valence-corrected chi connectivity index (χ1v) is 7.34. The van der Waals surface area contributed by atoms with Crippen LogP contribution in [0.3, 0.4) is 0 Å². The Morgan fingerprint density at radius 1 is 1.43 bits per heavy atom. The van der Waals surface area contributed by atoms with E-state index < -0.39 is 5.41 Å². The standard InChI is InChI=1S/C15H22ClN3O2/c1-4-15(5-2,13(17)19-21)14(20)18-10(3)11-8-6-7-9-12(11)16/h6-10,21H,4-5H2,1-3H3,(H2,17,19)(H,18,20). The summed E-state index contributed by atoms with van der Waals surface area (Å²) in [5, 5.41) is 15.5. The number of hydrogen-bond donors (Lipinski definition) is 3. The molecule has 1 rings (SSSR count). The van der Waals surface area contributed by atoms with Crippen LogP contribution in [0.25, 0.3) is 0 Å². The largest absolute Gasteiger partial charge is 0.409 e. The van der Waals surface area contributed by atoms with E-state index in [2.05, 4.69) is 10.5 Å². The van der Waals surface area contributed by atoms with Gasteiger partial charge in [0.2, 0.25) is 5.91 Å². The molecule has 21 heavy (non-hydrogen) atoms. The number of oxime groups is 1. The number of amides is 1. The fourth-order valence-electron chi connectivity index (χ4n) is 2.38. The van der Waals surface area contributed by atoms with E-state index >= 15 is 0 Å². The molecule has 1 aromatic carbocycles. The lowest BCUT2D eigenvalue weighted by Crippen LogP contribution is -2.49. The van der Waals surface area contributed by atoms with Crippen LogP contribution in [0.2, 0.25) is 5.02 Å². The van der Waals surface area contributed by atoms with Gasteiger partial charge in [0.25, 0.3) is 0 Å². The predicted octanol–water partition coefficient (Wildman–Crippen LogP) is 3.07. The Morgan fingerprint density at radius 2 is 2.00 bits per heavy atom. The Kier molecular flexibility index (Phi) is 6.03. The molecule has 6 heteroatoms. The smallest absolute Gasteiger partial charge is 0.234 e. The van der Waals surface area contributed by atoms with Gasteiger partial charge in [0.15, 0.2) is 5.84 Å². The van der Waals surface area contributed by atoms with Crippen molar-refractivity contribution in [2.24, 2.45) is 16.3 Å². The van der Waals surface area contributed by atoms with Crippen molar-refractivity contribution in [3.05, 3.63) is 34.9 Å². The van der Waals surface area contributed by atoms with E-state index in [-0.39, 0.29) is 17.8 Å². The minimum atomic E-state index is -1.01. The summed E-state index contributed by atoms with van der Waals surface area (Å²) in [6, 6.07) is 7.06. The zero-order valence-corrected chi connectivity index (χ0v) is 13.3. The highest BCUT2D eigenvalue weighted by molar-refractivity contribution is 6.31.